The van der Waals surface area contributed by atoms with Crippen LogP contribution >= 0.6 is 0 Å². The Kier molecular flexibility index (Phi) is 7.68. The van der Waals surface area contributed by atoms with Crippen molar-refractivity contribution in [2.45, 2.75) is 45.6 Å². The molecule has 0 aliphatic carbocycles. The SMILES string of the molecule is CCCNC(C)(CO)CCCN(CC)c1cccc(F)c1. The number of aliphatic hydroxyl groups excluding tert-OH is 1. The number of benzene rings is 1. The molecule has 0 spiro atoms. The second kappa shape index (κ2) is 9.00. The molecule has 0 saturated carbocycles. The molecule has 0 aromatic heterocycles. The predicted octanol–water partition coefficient (Wildman–Crippen LogP) is 3.18. The summed E-state index contributed by atoms with van der Waals surface area (Å²) in [5.74, 6) is -0.198. The molecule has 0 heterocycles. The molecule has 3 nitrogen and oxygen atoms in total. The number of hydrogen-bond acceptors (Lipinski definition) is 3. The van der Waals surface area contributed by atoms with E-state index >= 15 is 0 Å². The molecule has 0 amide bonds. The molecule has 0 radical (unpaired) electrons. The Bertz CT molecular complexity index is 414. The molecule has 21 heavy (non-hydrogen) atoms. The number of hydrogen-bond donors (Lipinski definition) is 2. The van der Waals surface area contributed by atoms with Crippen molar-refractivity contribution in [1.82, 2.24) is 5.32 Å². The van der Waals surface area contributed by atoms with Crippen LogP contribution in [0, 0.1) is 5.82 Å². The van der Waals surface area contributed by atoms with Gasteiger partial charge in [-0.3, -0.25) is 0 Å². The first-order valence-electron chi connectivity index (χ1n) is 7.91. The average molecular weight is 296 g/mol. The first kappa shape index (κ1) is 17.9. The maximum atomic E-state index is 13.3. The van der Waals surface area contributed by atoms with Crippen molar-refractivity contribution in [2.75, 3.05) is 31.1 Å². The molecule has 0 aliphatic rings. The first-order valence-corrected chi connectivity index (χ1v) is 7.91. The zero-order valence-electron chi connectivity index (χ0n) is 13.5. The molecule has 1 aromatic rings. The van der Waals surface area contributed by atoms with Crippen LogP contribution in [0.3, 0.4) is 0 Å². The van der Waals surface area contributed by atoms with Crippen molar-refractivity contribution < 1.29 is 9.50 Å². The van der Waals surface area contributed by atoms with Crippen LogP contribution in [0.1, 0.15) is 40.0 Å². The van der Waals surface area contributed by atoms with Crippen LogP contribution in [-0.4, -0.2) is 36.9 Å². The van der Waals surface area contributed by atoms with Crippen molar-refractivity contribution in [3.05, 3.63) is 30.1 Å². The quantitative estimate of drug-likeness (QED) is 0.696. The molecule has 4 heteroatoms. The van der Waals surface area contributed by atoms with E-state index in [-0.39, 0.29) is 18.0 Å². The fourth-order valence-electron chi connectivity index (χ4n) is 2.45. The predicted molar refractivity (Wildman–Crippen MR) is 87.3 cm³/mol. The van der Waals surface area contributed by atoms with Gasteiger partial charge in [0.25, 0.3) is 0 Å². The van der Waals surface area contributed by atoms with Crippen molar-refractivity contribution in [1.29, 1.82) is 0 Å². The first-order chi connectivity index (χ1) is 10.0. The van der Waals surface area contributed by atoms with Gasteiger partial charge in [-0.2, -0.15) is 0 Å². The molecule has 2 N–H and O–H groups in total. The van der Waals surface area contributed by atoms with E-state index in [0.29, 0.717) is 0 Å². The summed E-state index contributed by atoms with van der Waals surface area (Å²) in [6.07, 6.45) is 2.91. The van der Waals surface area contributed by atoms with Gasteiger partial charge >= 0.3 is 0 Å². The van der Waals surface area contributed by atoms with E-state index in [1.54, 1.807) is 12.1 Å². The number of nitrogens with one attached hydrogen (secondary N) is 1. The normalized spacial score (nSPS) is 14.0. The molecule has 1 rings (SSSR count). The molecular weight excluding hydrogens is 267 g/mol. The molecule has 1 aromatic carbocycles. The third kappa shape index (κ3) is 6.02. The van der Waals surface area contributed by atoms with Gasteiger partial charge in [-0.05, 0) is 57.9 Å². The second-order valence-electron chi connectivity index (χ2n) is 5.81. The number of halogens is 1. The van der Waals surface area contributed by atoms with Crippen LogP contribution in [0.5, 0.6) is 0 Å². The third-order valence-electron chi connectivity index (χ3n) is 3.86. The molecule has 0 aliphatic heterocycles. The van der Waals surface area contributed by atoms with Crippen LogP contribution in [0.25, 0.3) is 0 Å². The Morgan fingerprint density at radius 1 is 1.33 bits per heavy atom. The number of anilines is 1. The zero-order chi connectivity index (χ0) is 15.7. The minimum absolute atomic E-state index is 0.138. The van der Waals surface area contributed by atoms with Crippen LogP contribution in [0.2, 0.25) is 0 Å². The largest absolute Gasteiger partial charge is 0.394 e. The maximum absolute atomic E-state index is 13.3. The molecule has 120 valence electrons. The van der Waals surface area contributed by atoms with E-state index in [2.05, 4.69) is 31.0 Å². The summed E-state index contributed by atoms with van der Waals surface area (Å²) in [5, 5.41) is 13.0. The van der Waals surface area contributed by atoms with Gasteiger partial charge in [0.1, 0.15) is 5.82 Å². The Balaban J connectivity index is 2.51. The van der Waals surface area contributed by atoms with E-state index < -0.39 is 0 Å². The van der Waals surface area contributed by atoms with Gasteiger partial charge in [0.2, 0.25) is 0 Å². The molecule has 1 atom stereocenters. The van der Waals surface area contributed by atoms with Crippen LogP contribution in [-0.2, 0) is 0 Å². The van der Waals surface area contributed by atoms with E-state index in [1.807, 2.05) is 6.07 Å². The molecule has 1 unspecified atom stereocenters. The summed E-state index contributed by atoms with van der Waals surface area (Å²) in [5.41, 5.74) is 0.696. The molecule has 0 saturated heterocycles. The van der Waals surface area contributed by atoms with Gasteiger partial charge in [0.15, 0.2) is 0 Å². The Hall–Kier alpha value is -1.13. The minimum Gasteiger partial charge on any atom is -0.394 e. The van der Waals surface area contributed by atoms with Crippen LogP contribution in [0.15, 0.2) is 24.3 Å². The number of rotatable bonds is 10. The Morgan fingerprint density at radius 2 is 2.10 bits per heavy atom. The summed E-state index contributed by atoms with van der Waals surface area (Å²) in [6.45, 7) is 9.02. The van der Waals surface area contributed by atoms with Gasteiger partial charge in [-0.15, -0.1) is 0 Å². The summed E-state index contributed by atoms with van der Waals surface area (Å²) in [4.78, 5) is 2.17. The Morgan fingerprint density at radius 3 is 2.67 bits per heavy atom. The van der Waals surface area contributed by atoms with Gasteiger partial charge in [-0.1, -0.05) is 13.0 Å². The highest BCUT2D eigenvalue weighted by atomic mass is 19.1. The fourth-order valence-corrected chi connectivity index (χ4v) is 2.45. The van der Waals surface area contributed by atoms with Gasteiger partial charge in [0, 0.05) is 24.3 Å². The standard InChI is InChI=1S/C17H29FN2O/c1-4-11-19-17(3,14-21)10-7-12-20(5-2)16-9-6-8-15(18)13-16/h6,8-9,13,19,21H,4-5,7,10-12,14H2,1-3H3. The molecule has 0 bridgehead atoms. The lowest BCUT2D eigenvalue weighted by molar-refractivity contribution is 0.164. The topological polar surface area (TPSA) is 35.5 Å². The number of nitrogens with zero attached hydrogens (tertiary/aromatic N) is 1. The molecular formula is C17H29FN2O. The highest BCUT2D eigenvalue weighted by Gasteiger charge is 2.21. The zero-order valence-corrected chi connectivity index (χ0v) is 13.5. The lowest BCUT2D eigenvalue weighted by Crippen LogP contribution is -2.46. The highest BCUT2D eigenvalue weighted by molar-refractivity contribution is 5.46. The van der Waals surface area contributed by atoms with Gasteiger partial charge in [-0.25, -0.2) is 4.39 Å². The van der Waals surface area contributed by atoms with Gasteiger partial charge in [0.05, 0.1) is 6.61 Å². The third-order valence-corrected chi connectivity index (χ3v) is 3.86. The van der Waals surface area contributed by atoms with Crippen molar-refractivity contribution in [3.8, 4) is 0 Å². The van der Waals surface area contributed by atoms with Gasteiger partial charge < -0.3 is 15.3 Å². The van der Waals surface area contributed by atoms with Crippen molar-refractivity contribution in [2.24, 2.45) is 0 Å². The minimum atomic E-state index is -0.225. The lowest BCUT2D eigenvalue weighted by atomic mass is 9.96. The Labute approximate surface area is 128 Å². The lowest BCUT2D eigenvalue weighted by Gasteiger charge is -2.30. The van der Waals surface area contributed by atoms with Crippen molar-refractivity contribution >= 4 is 5.69 Å². The second-order valence-corrected chi connectivity index (χ2v) is 5.81. The van der Waals surface area contributed by atoms with E-state index in [4.69, 9.17) is 0 Å². The maximum Gasteiger partial charge on any atom is 0.125 e. The monoisotopic (exact) mass is 296 g/mol. The smallest absolute Gasteiger partial charge is 0.125 e. The summed E-state index contributed by atoms with van der Waals surface area (Å²) in [7, 11) is 0. The van der Waals surface area contributed by atoms with E-state index in [9.17, 15) is 9.50 Å². The van der Waals surface area contributed by atoms with E-state index in [1.165, 1.54) is 6.07 Å². The summed E-state index contributed by atoms with van der Waals surface area (Å²) in [6, 6.07) is 6.72. The number of aliphatic hydroxyl groups is 1. The van der Waals surface area contributed by atoms with Crippen LogP contribution < -0.4 is 10.2 Å². The van der Waals surface area contributed by atoms with E-state index in [0.717, 1.165) is 44.6 Å². The summed E-state index contributed by atoms with van der Waals surface area (Å²) >= 11 is 0. The fraction of sp³-hybridized carbons (Fsp3) is 0.647. The molecule has 0 fully saturated rings. The van der Waals surface area contributed by atoms with Crippen LogP contribution in [0.4, 0.5) is 10.1 Å². The summed E-state index contributed by atoms with van der Waals surface area (Å²) < 4.78 is 13.3. The van der Waals surface area contributed by atoms with Crippen molar-refractivity contribution in [3.63, 3.8) is 0 Å². The highest BCUT2D eigenvalue weighted by Crippen LogP contribution is 2.18. The average Bonchev–Trinajstić information content (AvgIpc) is 2.49.